The van der Waals surface area contributed by atoms with Crippen LogP contribution in [0.25, 0.3) is 0 Å². The summed E-state index contributed by atoms with van der Waals surface area (Å²) in [7, 11) is 0. The molecule has 1 aliphatic heterocycles. The summed E-state index contributed by atoms with van der Waals surface area (Å²) in [6.07, 6.45) is 6.76. The Morgan fingerprint density at radius 3 is 2.43 bits per heavy atom. The minimum Gasteiger partial charge on any atom is -0.368 e. The van der Waals surface area contributed by atoms with E-state index in [0.717, 1.165) is 42.7 Å². The van der Waals surface area contributed by atoms with E-state index in [1.165, 1.54) is 32.1 Å². The molecule has 3 N–H and O–H groups in total. The SMILES string of the molecule is Nc1nc(NC2C3C4CCC(C4)C23)nc(N2CCCC2)n1. The van der Waals surface area contributed by atoms with Gasteiger partial charge in [0.2, 0.25) is 17.8 Å². The quantitative estimate of drug-likeness (QED) is 0.877. The topological polar surface area (TPSA) is 80.0 Å². The second-order valence-corrected chi connectivity index (χ2v) is 7.17. The lowest BCUT2D eigenvalue weighted by Gasteiger charge is -2.16. The molecule has 5 rings (SSSR count). The van der Waals surface area contributed by atoms with Gasteiger partial charge in [-0.15, -0.1) is 0 Å². The van der Waals surface area contributed by atoms with Crippen LogP contribution >= 0.6 is 0 Å². The fourth-order valence-corrected chi connectivity index (χ4v) is 5.17. The van der Waals surface area contributed by atoms with Crippen LogP contribution in [-0.2, 0) is 0 Å². The predicted molar refractivity (Wildman–Crippen MR) is 80.9 cm³/mol. The summed E-state index contributed by atoms with van der Waals surface area (Å²) in [5.74, 6) is 5.42. The zero-order valence-electron chi connectivity index (χ0n) is 12.2. The zero-order valence-corrected chi connectivity index (χ0v) is 12.2. The molecule has 0 amide bonds. The van der Waals surface area contributed by atoms with Crippen LogP contribution in [0.5, 0.6) is 0 Å². The molecule has 112 valence electrons. The van der Waals surface area contributed by atoms with Crippen LogP contribution in [0.1, 0.15) is 32.1 Å². The summed E-state index contributed by atoms with van der Waals surface area (Å²) in [6, 6.07) is 0.587. The molecular weight excluding hydrogens is 264 g/mol. The van der Waals surface area contributed by atoms with E-state index in [1.54, 1.807) is 0 Å². The van der Waals surface area contributed by atoms with Crippen molar-refractivity contribution in [3.8, 4) is 0 Å². The maximum absolute atomic E-state index is 5.88. The lowest BCUT2D eigenvalue weighted by molar-refractivity contribution is 0.456. The standard InChI is InChI=1S/C15H22N6/c16-13-18-14(20-15(19-13)21-5-1-2-6-21)17-12-10-8-3-4-9(7-8)11(10)12/h8-12H,1-7H2,(H3,16,17,18,19,20). The highest BCUT2D eigenvalue weighted by molar-refractivity contribution is 5.44. The normalized spacial score (nSPS) is 39.6. The van der Waals surface area contributed by atoms with Crippen LogP contribution in [0.3, 0.4) is 0 Å². The average molecular weight is 286 g/mol. The maximum Gasteiger partial charge on any atom is 0.231 e. The van der Waals surface area contributed by atoms with Gasteiger partial charge in [-0.3, -0.25) is 0 Å². The van der Waals surface area contributed by atoms with Crippen molar-refractivity contribution in [2.24, 2.45) is 23.7 Å². The number of hydrogen-bond acceptors (Lipinski definition) is 6. The van der Waals surface area contributed by atoms with Crippen molar-refractivity contribution in [2.75, 3.05) is 29.0 Å². The third-order valence-corrected chi connectivity index (χ3v) is 6.06. The third kappa shape index (κ3) is 1.80. The Hall–Kier alpha value is -1.59. The fraction of sp³-hybridized carbons (Fsp3) is 0.800. The van der Waals surface area contributed by atoms with Crippen molar-refractivity contribution in [3.05, 3.63) is 0 Å². The van der Waals surface area contributed by atoms with E-state index >= 15 is 0 Å². The van der Waals surface area contributed by atoms with Crippen LogP contribution in [0.4, 0.5) is 17.8 Å². The van der Waals surface area contributed by atoms with Gasteiger partial charge in [0.15, 0.2) is 0 Å². The van der Waals surface area contributed by atoms with Gasteiger partial charge in [0.05, 0.1) is 0 Å². The Labute approximate surface area is 124 Å². The molecule has 21 heavy (non-hydrogen) atoms. The molecular formula is C15H22N6. The van der Waals surface area contributed by atoms with Crippen molar-refractivity contribution >= 4 is 17.8 Å². The Morgan fingerprint density at radius 1 is 1.00 bits per heavy atom. The number of anilines is 3. The molecule has 1 saturated heterocycles. The van der Waals surface area contributed by atoms with Gasteiger partial charge in [-0.05, 0) is 55.8 Å². The van der Waals surface area contributed by atoms with Gasteiger partial charge >= 0.3 is 0 Å². The Morgan fingerprint density at radius 2 is 1.71 bits per heavy atom. The first kappa shape index (κ1) is 12.0. The summed E-state index contributed by atoms with van der Waals surface area (Å²) >= 11 is 0. The van der Waals surface area contributed by atoms with Gasteiger partial charge in [-0.1, -0.05) is 0 Å². The number of rotatable bonds is 3. The molecule has 6 nitrogen and oxygen atoms in total. The van der Waals surface area contributed by atoms with Crippen LogP contribution in [0, 0.1) is 23.7 Å². The molecule has 6 heteroatoms. The van der Waals surface area contributed by atoms with E-state index in [2.05, 4.69) is 25.2 Å². The lowest BCUT2D eigenvalue weighted by Crippen LogP contribution is -2.23. The molecule has 4 fully saturated rings. The molecule has 0 aromatic carbocycles. The van der Waals surface area contributed by atoms with E-state index in [-0.39, 0.29) is 0 Å². The maximum atomic E-state index is 5.88. The highest BCUT2D eigenvalue weighted by Gasteiger charge is 2.65. The van der Waals surface area contributed by atoms with Gasteiger partial charge in [0.1, 0.15) is 0 Å². The monoisotopic (exact) mass is 286 g/mol. The molecule has 4 unspecified atom stereocenters. The number of nitrogens with two attached hydrogens (primary N) is 1. The summed E-state index contributed by atoms with van der Waals surface area (Å²) in [6.45, 7) is 2.06. The van der Waals surface area contributed by atoms with E-state index < -0.39 is 0 Å². The summed E-state index contributed by atoms with van der Waals surface area (Å²) in [5, 5.41) is 3.55. The molecule has 4 atom stereocenters. The first-order chi connectivity index (χ1) is 10.3. The number of nitrogens with zero attached hydrogens (tertiary/aromatic N) is 4. The van der Waals surface area contributed by atoms with Crippen LogP contribution in [0.2, 0.25) is 0 Å². The number of nitrogen functional groups attached to an aromatic ring is 1. The van der Waals surface area contributed by atoms with Gasteiger partial charge in [-0.25, -0.2) is 0 Å². The van der Waals surface area contributed by atoms with Crippen molar-refractivity contribution < 1.29 is 0 Å². The summed E-state index contributed by atoms with van der Waals surface area (Å²) in [5.41, 5.74) is 5.88. The zero-order chi connectivity index (χ0) is 14.0. The van der Waals surface area contributed by atoms with Crippen LogP contribution in [0.15, 0.2) is 0 Å². The number of hydrogen-bond donors (Lipinski definition) is 2. The predicted octanol–water partition coefficient (Wildman–Crippen LogP) is 1.51. The largest absolute Gasteiger partial charge is 0.368 e. The average Bonchev–Trinajstić information content (AvgIpc) is 2.97. The molecule has 4 aliphatic rings. The van der Waals surface area contributed by atoms with Gasteiger partial charge in [0.25, 0.3) is 0 Å². The van der Waals surface area contributed by atoms with Gasteiger partial charge in [-0.2, -0.15) is 15.0 Å². The first-order valence-electron chi connectivity index (χ1n) is 8.32. The summed E-state index contributed by atoms with van der Waals surface area (Å²) in [4.78, 5) is 15.4. The van der Waals surface area contributed by atoms with E-state index in [0.29, 0.717) is 17.9 Å². The highest BCUT2D eigenvalue weighted by atomic mass is 15.3. The number of aromatic nitrogens is 3. The van der Waals surface area contributed by atoms with E-state index in [1.807, 2.05) is 0 Å². The van der Waals surface area contributed by atoms with E-state index in [4.69, 9.17) is 5.73 Å². The molecule has 3 saturated carbocycles. The van der Waals surface area contributed by atoms with Crippen molar-refractivity contribution in [1.82, 2.24) is 15.0 Å². The minimum absolute atomic E-state index is 0.336. The molecule has 1 aromatic heterocycles. The van der Waals surface area contributed by atoms with Gasteiger partial charge < -0.3 is 16.0 Å². The smallest absolute Gasteiger partial charge is 0.231 e. The van der Waals surface area contributed by atoms with Crippen molar-refractivity contribution in [2.45, 2.75) is 38.1 Å². The molecule has 2 heterocycles. The van der Waals surface area contributed by atoms with E-state index in [9.17, 15) is 0 Å². The molecule has 1 aromatic rings. The van der Waals surface area contributed by atoms with Crippen LogP contribution < -0.4 is 16.0 Å². The van der Waals surface area contributed by atoms with Gasteiger partial charge in [0, 0.05) is 19.1 Å². The first-order valence-corrected chi connectivity index (χ1v) is 8.32. The second kappa shape index (κ2) is 4.21. The van der Waals surface area contributed by atoms with Crippen molar-refractivity contribution in [1.29, 1.82) is 0 Å². The molecule has 0 spiro atoms. The highest BCUT2D eigenvalue weighted by Crippen LogP contribution is 2.66. The molecule has 2 bridgehead atoms. The Kier molecular flexibility index (Phi) is 2.41. The number of fused-ring (bicyclic) bond motifs is 5. The summed E-state index contributed by atoms with van der Waals surface area (Å²) < 4.78 is 0. The fourth-order valence-electron chi connectivity index (χ4n) is 5.17. The third-order valence-electron chi connectivity index (χ3n) is 6.06. The number of nitrogens with one attached hydrogen (secondary N) is 1. The van der Waals surface area contributed by atoms with Crippen molar-refractivity contribution in [3.63, 3.8) is 0 Å². The molecule has 0 radical (unpaired) electrons. The Bertz CT molecular complexity index is 553. The second-order valence-electron chi connectivity index (χ2n) is 7.17. The molecule has 3 aliphatic carbocycles. The Balaban J connectivity index is 1.35. The lowest BCUT2D eigenvalue weighted by atomic mass is 10.0. The van der Waals surface area contributed by atoms with Crippen LogP contribution in [-0.4, -0.2) is 34.1 Å². The minimum atomic E-state index is 0.336.